The van der Waals surface area contributed by atoms with Gasteiger partial charge in [0.1, 0.15) is 6.33 Å². The lowest BCUT2D eigenvalue weighted by Crippen LogP contribution is -2.39. The molecular formula is C17H19N5O4. The van der Waals surface area contributed by atoms with Crippen LogP contribution in [0.5, 0.6) is 0 Å². The van der Waals surface area contributed by atoms with Crippen LogP contribution in [0.25, 0.3) is 11.2 Å². The van der Waals surface area contributed by atoms with E-state index in [1.807, 2.05) is 13.8 Å². The molecule has 0 aliphatic rings. The van der Waals surface area contributed by atoms with Gasteiger partial charge < -0.3 is 4.74 Å². The van der Waals surface area contributed by atoms with Crippen LogP contribution in [0, 0.1) is 5.92 Å². The summed E-state index contributed by atoms with van der Waals surface area (Å²) >= 11 is 0. The molecule has 136 valence electrons. The third kappa shape index (κ3) is 3.15. The summed E-state index contributed by atoms with van der Waals surface area (Å²) in [6.07, 6.45) is 4.34. The van der Waals surface area contributed by atoms with Crippen molar-refractivity contribution in [3.63, 3.8) is 0 Å². The highest BCUT2D eigenvalue weighted by Gasteiger charge is 2.18. The van der Waals surface area contributed by atoms with Gasteiger partial charge in [-0.2, -0.15) is 0 Å². The summed E-state index contributed by atoms with van der Waals surface area (Å²) in [7, 11) is 1.42. The molecular weight excluding hydrogens is 338 g/mol. The van der Waals surface area contributed by atoms with E-state index in [-0.39, 0.29) is 23.8 Å². The highest BCUT2D eigenvalue weighted by atomic mass is 16.5. The lowest BCUT2D eigenvalue weighted by molar-refractivity contribution is 0.0378. The first-order chi connectivity index (χ1) is 12.4. The number of carbonyl (C=O) groups excluding carboxylic acids is 1. The first-order valence-corrected chi connectivity index (χ1v) is 8.12. The van der Waals surface area contributed by atoms with Crippen LogP contribution in [0.3, 0.4) is 0 Å². The quantitative estimate of drug-likeness (QED) is 0.625. The van der Waals surface area contributed by atoms with Gasteiger partial charge in [-0.15, -0.1) is 0 Å². The van der Waals surface area contributed by atoms with E-state index in [1.165, 1.54) is 28.7 Å². The predicted octanol–water partition coefficient (Wildman–Crippen LogP) is 0.762. The van der Waals surface area contributed by atoms with Crippen LogP contribution in [0.2, 0.25) is 0 Å². The molecule has 3 heterocycles. The van der Waals surface area contributed by atoms with Gasteiger partial charge in [-0.3, -0.25) is 23.5 Å². The molecule has 0 unspecified atom stereocenters. The summed E-state index contributed by atoms with van der Waals surface area (Å²) in [6.45, 7) is 4.17. The Balaban J connectivity index is 1.98. The molecule has 0 atom stereocenters. The first kappa shape index (κ1) is 17.6. The van der Waals surface area contributed by atoms with Crippen LogP contribution < -0.4 is 11.2 Å². The third-order valence-electron chi connectivity index (χ3n) is 3.88. The maximum Gasteiger partial charge on any atom is 0.341 e. The van der Waals surface area contributed by atoms with Crippen molar-refractivity contribution in [2.24, 2.45) is 13.0 Å². The molecule has 9 heteroatoms. The molecule has 0 saturated carbocycles. The lowest BCUT2D eigenvalue weighted by Gasteiger charge is -2.12. The third-order valence-corrected chi connectivity index (χ3v) is 3.88. The topological polar surface area (TPSA) is 101 Å². The average Bonchev–Trinajstić information content (AvgIpc) is 3.06. The lowest BCUT2D eigenvalue weighted by atomic mass is 10.2. The van der Waals surface area contributed by atoms with Gasteiger partial charge in [0.15, 0.2) is 17.9 Å². The van der Waals surface area contributed by atoms with Gasteiger partial charge in [-0.1, -0.05) is 13.8 Å². The van der Waals surface area contributed by atoms with Crippen LogP contribution in [0.15, 0.2) is 40.4 Å². The Bertz CT molecular complexity index is 1060. The fourth-order valence-corrected chi connectivity index (χ4v) is 2.63. The number of carbonyl (C=O) groups is 1. The van der Waals surface area contributed by atoms with Gasteiger partial charge in [0, 0.05) is 26.0 Å². The second-order valence-electron chi connectivity index (χ2n) is 6.34. The number of ether oxygens (including phenoxy) is 1. The van der Waals surface area contributed by atoms with Gasteiger partial charge in [0.05, 0.1) is 5.56 Å². The maximum absolute atomic E-state index is 12.5. The van der Waals surface area contributed by atoms with E-state index in [2.05, 4.69) is 9.97 Å². The largest absolute Gasteiger partial charge is 0.440 e. The molecule has 0 aliphatic heterocycles. The second kappa shape index (κ2) is 6.95. The van der Waals surface area contributed by atoms with Gasteiger partial charge in [-0.05, 0) is 18.1 Å². The molecule has 0 N–H and O–H groups in total. The number of aromatic nitrogens is 5. The molecule has 0 aromatic carbocycles. The molecule has 3 rings (SSSR count). The Morgan fingerprint density at radius 2 is 2.08 bits per heavy atom. The highest BCUT2D eigenvalue weighted by molar-refractivity contribution is 5.88. The number of fused-ring (bicyclic) bond motifs is 1. The van der Waals surface area contributed by atoms with E-state index < -0.39 is 17.2 Å². The molecule has 0 fully saturated rings. The van der Waals surface area contributed by atoms with Crippen LogP contribution in [-0.4, -0.2) is 29.6 Å². The molecule has 3 aromatic heterocycles. The summed E-state index contributed by atoms with van der Waals surface area (Å²) in [4.78, 5) is 45.0. The molecule has 0 saturated heterocycles. The number of rotatable bonds is 5. The summed E-state index contributed by atoms with van der Waals surface area (Å²) < 4.78 is 9.15. The zero-order valence-corrected chi connectivity index (χ0v) is 14.7. The standard InChI is InChI=1S/C17H19N5O4/c1-11(2)8-22-14-13(15(23)20(3)17(22)25)21(9-19-14)10-26-16(24)12-5-4-6-18-7-12/h4-7,9,11H,8,10H2,1-3H3. The molecule has 0 spiro atoms. The van der Waals surface area contributed by atoms with Gasteiger partial charge in [-0.25, -0.2) is 14.6 Å². The van der Waals surface area contributed by atoms with Crippen molar-refractivity contribution in [3.05, 3.63) is 57.3 Å². The average molecular weight is 357 g/mol. The van der Waals surface area contributed by atoms with Crippen molar-refractivity contribution >= 4 is 17.1 Å². The van der Waals surface area contributed by atoms with Crippen LogP contribution >= 0.6 is 0 Å². The molecule has 3 aromatic rings. The van der Waals surface area contributed by atoms with E-state index in [0.29, 0.717) is 12.1 Å². The van der Waals surface area contributed by atoms with E-state index >= 15 is 0 Å². The number of hydrogen-bond acceptors (Lipinski definition) is 6. The molecule has 0 amide bonds. The number of nitrogens with zero attached hydrogens (tertiary/aromatic N) is 5. The minimum Gasteiger partial charge on any atom is -0.440 e. The minimum atomic E-state index is -0.563. The predicted molar refractivity (Wildman–Crippen MR) is 93.7 cm³/mol. The van der Waals surface area contributed by atoms with Crippen molar-refractivity contribution in [3.8, 4) is 0 Å². The summed E-state index contributed by atoms with van der Waals surface area (Å²) in [5.41, 5.74) is -0.105. The highest BCUT2D eigenvalue weighted by Crippen LogP contribution is 2.10. The van der Waals surface area contributed by atoms with E-state index in [1.54, 1.807) is 18.3 Å². The Morgan fingerprint density at radius 3 is 2.73 bits per heavy atom. The number of esters is 1. The van der Waals surface area contributed by atoms with Gasteiger partial charge >= 0.3 is 11.7 Å². The summed E-state index contributed by atoms with van der Waals surface area (Å²) in [5, 5.41) is 0. The Hall–Kier alpha value is -3.23. The molecule has 9 nitrogen and oxygen atoms in total. The summed E-state index contributed by atoms with van der Waals surface area (Å²) in [6, 6.07) is 3.21. The molecule has 0 aliphatic carbocycles. The van der Waals surface area contributed by atoms with Gasteiger partial charge in [0.2, 0.25) is 0 Å². The van der Waals surface area contributed by atoms with Crippen molar-refractivity contribution < 1.29 is 9.53 Å². The number of imidazole rings is 1. The zero-order chi connectivity index (χ0) is 18.8. The molecule has 0 radical (unpaired) electrons. The number of hydrogen-bond donors (Lipinski definition) is 0. The van der Waals surface area contributed by atoms with Crippen LogP contribution in [0.4, 0.5) is 0 Å². The Morgan fingerprint density at radius 1 is 1.31 bits per heavy atom. The van der Waals surface area contributed by atoms with Crippen LogP contribution in [-0.2, 0) is 25.1 Å². The second-order valence-corrected chi connectivity index (χ2v) is 6.34. The fraction of sp³-hybridized carbons (Fsp3) is 0.353. The van der Waals surface area contributed by atoms with Crippen molar-refractivity contribution in [1.82, 2.24) is 23.7 Å². The Labute approximate surface area is 148 Å². The van der Waals surface area contributed by atoms with E-state index in [9.17, 15) is 14.4 Å². The monoisotopic (exact) mass is 357 g/mol. The van der Waals surface area contributed by atoms with E-state index in [0.717, 1.165) is 4.57 Å². The maximum atomic E-state index is 12.5. The molecule has 0 bridgehead atoms. The number of pyridine rings is 1. The van der Waals surface area contributed by atoms with Gasteiger partial charge in [0.25, 0.3) is 5.56 Å². The SMILES string of the molecule is CC(C)Cn1c(=O)n(C)c(=O)c2c1ncn2COC(=O)c1cccnc1. The minimum absolute atomic E-state index is 0.195. The van der Waals surface area contributed by atoms with Crippen LogP contribution in [0.1, 0.15) is 24.2 Å². The molecule has 26 heavy (non-hydrogen) atoms. The van der Waals surface area contributed by atoms with Crippen molar-refractivity contribution in [2.75, 3.05) is 0 Å². The zero-order valence-electron chi connectivity index (χ0n) is 14.7. The smallest absolute Gasteiger partial charge is 0.341 e. The first-order valence-electron chi connectivity index (χ1n) is 8.12. The fourth-order valence-electron chi connectivity index (χ4n) is 2.63. The normalized spacial score (nSPS) is 11.2. The Kier molecular flexibility index (Phi) is 4.70. The van der Waals surface area contributed by atoms with Crippen molar-refractivity contribution in [1.29, 1.82) is 0 Å². The van der Waals surface area contributed by atoms with E-state index in [4.69, 9.17) is 4.74 Å². The summed E-state index contributed by atoms with van der Waals surface area (Å²) in [5.74, 6) is -0.366. The van der Waals surface area contributed by atoms with Crippen molar-refractivity contribution in [2.45, 2.75) is 27.1 Å².